The van der Waals surface area contributed by atoms with Crippen LogP contribution in [0.5, 0.6) is 0 Å². The Morgan fingerprint density at radius 1 is 0.971 bits per heavy atom. The molecule has 35 heavy (non-hydrogen) atoms. The van der Waals surface area contributed by atoms with Crippen LogP contribution >= 0.6 is 27.7 Å². The maximum atomic E-state index is 12.2. The van der Waals surface area contributed by atoms with Gasteiger partial charge < -0.3 is 20.5 Å². The van der Waals surface area contributed by atoms with Crippen molar-refractivity contribution in [2.45, 2.75) is 5.92 Å². The van der Waals surface area contributed by atoms with Crippen LogP contribution in [0.1, 0.15) is 27.4 Å². The molecule has 0 bridgehead atoms. The molecule has 0 aliphatic heterocycles. The number of carbonyl (C=O) groups excluding carboxylic acids is 2. The van der Waals surface area contributed by atoms with E-state index in [0.717, 1.165) is 11.1 Å². The second kappa shape index (κ2) is 11.4. The molecule has 0 fully saturated rings. The van der Waals surface area contributed by atoms with Crippen LogP contribution < -0.4 is 10.6 Å². The Labute approximate surface area is 215 Å². The normalized spacial score (nSPS) is 11.9. The number of hydrogen-bond acceptors (Lipinski definition) is 5. The topological polar surface area (TPSA) is 105 Å². The van der Waals surface area contributed by atoms with E-state index in [4.69, 9.17) is 9.84 Å². The molecule has 3 aromatic rings. The number of carbonyl (C=O) groups is 3. The van der Waals surface area contributed by atoms with Gasteiger partial charge in [-0.25, -0.2) is 9.59 Å². The number of hydrogen-bond donors (Lipinski definition) is 3. The monoisotopic (exact) mass is 554 g/mol. The highest BCUT2D eigenvalue weighted by Gasteiger charge is 2.28. The van der Waals surface area contributed by atoms with Crippen molar-refractivity contribution in [3.63, 3.8) is 0 Å². The molecule has 0 saturated carbocycles. The summed E-state index contributed by atoms with van der Waals surface area (Å²) >= 11 is 4.52. The molecule has 1 aliphatic carbocycles. The number of aromatic carboxylic acids is 1. The van der Waals surface area contributed by atoms with Crippen molar-refractivity contribution in [1.82, 2.24) is 5.32 Å². The average Bonchev–Trinajstić information content (AvgIpc) is 3.17. The number of nitrogens with one attached hydrogen (secondary N) is 2. The van der Waals surface area contributed by atoms with Gasteiger partial charge in [-0.05, 0) is 56.4 Å². The third kappa shape index (κ3) is 6.04. The minimum absolute atomic E-state index is 0.00599. The largest absolute Gasteiger partial charge is 0.478 e. The Bertz CT molecular complexity index is 1220. The molecule has 0 spiro atoms. The van der Waals surface area contributed by atoms with Gasteiger partial charge in [-0.15, -0.1) is 0 Å². The number of alkyl carbamates (subject to hydrolysis) is 1. The lowest BCUT2D eigenvalue weighted by Crippen LogP contribution is -2.28. The summed E-state index contributed by atoms with van der Waals surface area (Å²) in [4.78, 5) is 35.5. The molecule has 0 saturated heterocycles. The fourth-order valence-corrected chi connectivity index (χ4v) is 5.07. The molecule has 0 atom stereocenters. The Morgan fingerprint density at radius 3 is 2.29 bits per heavy atom. The number of carboxylic acids is 1. The van der Waals surface area contributed by atoms with Crippen LogP contribution in [-0.2, 0) is 9.53 Å². The Kier molecular flexibility index (Phi) is 8.09. The van der Waals surface area contributed by atoms with Gasteiger partial charge >= 0.3 is 12.1 Å². The van der Waals surface area contributed by atoms with Gasteiger partial charge in [0.05, 0.1) is 11.3 Å². The summed E-state index contributed by atoms with van der Waals surface area (Å²) in [6.07, 6.45) is -0.493. The van der Waals surface area contributed by atoms with Gasteiger partial charge in [0.25, 0.3) is 0 Å². The van der Waals surface area contributed by atoms with Gasteiger partial charge in [0.1, 0.15) is 6.61 Å². The second-order valence-corrected chi connectivity index (χ2v) is 9.81. The maximum absolute atomic E-state index is 12.2. The first kappa shape index (κ1) is 24.8. The summed E-state index contributed by atoms with van der Waals surface area (Å²) in [6.45, 7) is 0.608. The highest BCUT2D eigenvalue weighted by molar-refractivity contribution is 9.10. The molecule has 1 aliphatic rings. The molecule has 7 nitrogen and oxygen atoms in total. The average molecular weight is 555 g/mol. The zero-order chi connectivity index (χ0) is 24.8. The van der Waals surface area contributed by atoms with Gasteiger partial charge in [0.15, 0.2) is 0 Å². The SMILES string of the molecule is O=C(CSCCNC(=O)OCC1c2ccccc2-c2ccccc21)Nc1ccc(Br)c(C(=O)O)c1. The standard InChI is InChI=1S/C26H23BrN2O5S/c27-23-10-9-16(13-21(23)25(31)32)29-24(30)15-35-12-11-28-26(33)34-14-22-19-7-3-1-5-17(19)18-6-2-4-8-20(18)22/h1-10,13,22H,11-12,14-15H2,(H,28,33)(H,29,30)(H,31,32). The first-order valence-electron chi connectivity index (χ1n) is 10.9. The summed E-state index contributed by atoms with van der Waals surface area (Å²) < 4.78 is 5.94. The summed E-state index contributed by atoms with van der Waals surface area (Å²) in [7, 11) is 0. The quantitative estimate of drug-likeness (QED) is 0.307. The first-order chi connectivity index (χ1) is 16.9. The second-order valence-electron chi connectivity index (χ2n) is 7.85. The van der Waals surface area contributed by atoms with E-state index in [2.05, 4.69) is 50.8 Å². The van der Waals surface area contributed by atoms with Crippen molar-refractivity contribution in [2.75, 3.05) is 30.0 Å². The third-order valence-electron chi connectivity index (χ3n) is 5.57. The Hall–Kier alpha value is -3.30. The molecular weight excluding hydrogens is 532 g/mol. The van der Waals surface area contributed by atoms with E-state index in [1.54, 1.807) is 12.1 Å². The predicted octanol–water partition coefficient (Wildman–Crippen LogP) is 5.36. The number of anilines is 1. The van der Waals surface area contributed by atoms with Crippen LogP contribution in [0.2, 0.25) is 0 Å². The van der Waals surface area contributed by atoms with E-state index >= 15 is 0 Å². The number of amides is 2. The molecule has 4 rings (SSSR count). The van der Waals surface area contributed by atoms with Gasteiger partial charge in [0, 0.05) is 28.4 Å². The maximum Gasteiger partial charge on any atom is 0.407 e. The Morgan fingerprint density at radius 2 is 1.63 bits per heavy atom. The highest BCUT2D eigenvalue weighted by Crippen LogP contribution is 2.44. The van der Waals surface area contributed by atoms with Crippen molar-refractivity contribution in [2.24, 2.45) is 0 Å². The van der Waals surface area contributed by atoms with Crippen LogP contribution in [0, 0.1) is 0 Å². The fraction of sp³-hybridized carbons (Fsp3) is 0.192. The molecule has 2 amide bonds. The van der Waals surface area contributed by atoms with Gasteiger partial charge in [0.2, 0.25) is 5.91 Å². The summed E-state index contributed by atoms with van der Waals surface area (Å²) in [5.41, 5.74) is 5.15. The van der Waals surface area contributed by atoms with Crippen molar-refractivity contribution in [3.8, 4) is 11.1 Å². The summed E-state index contributed by atoms with van der Waals surface area (Å²) in [5.74, 6) is -0.633. The predicted molar refractivity (Wildman–Crippen MR) is 140 cm³/mol. The third-order valence-corrected chi connectivity index (χ3v) is 7.22. The lowest BCUT2D eigenvalue weighted by atomic mass is 9.98. The van der Waals surface area contributed by atoms with Crippen molar-refractivity contribution in [3.05, 3.63) is 87.9 Å². The van der Waals surface area contributed by atoms with E-state index in [1.807, 2.05) is 24.3 Å². The van der Waals surface area contributed by atoms with Crippen LogP contribution in [0.3, 0.4) is 0 Å². The number of fused-ring (bicyclic) bond motifs is 3. The summed E-state index contributed by atoms with van der Waals surface area (Å²) in [6, 6.07) is 20.9. The van der Waals surface area contributed by atoms with Gasteiger partial charge in [-0.1, -0.05) is 48.5 Å². The van der Waals surface area contributed by atoms with Gasteiger partial charge in [-0.3, -0.25) is 4.79 Å². The molecular formula is C26H23BrN2O5S. The lowest BCUT2D eigenvalue weighted by Gasteiger charge is -2.14. The van der Waals surface area contributed by atoms with E-state index < -0.39 is 12.1 Å². The molecule has 0 heterocycles. The van der Waals surface area contributed by atoms with E-state index in [0.29, 0.717) is 22.5 Å². The molecule has 0 aromatic heterocycles. The molecule has 9 heteroatoms. The van der Waals surface area contributed by atoms with Crippen LogP contribution in [-0.4, -0.2) is 47.7 Å². The van der Waals surface area contributed by atoms with Crippen LogP contribution in [0.4, 0.5) is 10.5 Å². The van der Waals surface area contributed by atoms with E-state index in [1.165, 1.54) is 29.0 Å². The zero-order valence-corrected chi connectivity index (χ0v) is 21.0. The van der Waals surface area contributed by atoms with Crippen molar-refractivity contribution in [1.29, 1.82) is 0 Å². The molecule has 0 unspecified atom stereocenters. The smallest absolute Gasteiger partial charge is 0.407 e. The molecule has 3 aromatic carbocycles. The number of thioether (sulfide) groups is 1. The Balaban J connectivity index is 1.17. The highest BCUT2D eigenvalue weighted by atomic mass is 79.9. The molecule has 0 radical (unpaired) electrons. The fourth-order valence-electron chi connectivity index (χ4n) is 4.00. The van der Waals surface area contributed by atoms with Gasteiger partial charge in [-0.2, -0.15) is 11.8 Å². The number of ether oxygens (including phenoxy) is 1. The molecule has 180 valence electrons. The van der Waals surface area contributed by atoms with Crippen molar-refractivity contribution < 1.29 is 24.2 Å². The number of rotatable bonds is 9. The van der Waals surface area contributed by atoms with Crippen LogP contribution in [0.15, 0.2) is 71.2 Å². The van der Waals surface area contributed by atoms with E-state index in [9.17, 15) is 14.4 Å². The zero-order valence-electron chi connectivity index (χ0n) is 18.6. The number of halogens is 1. The summed E-state index contributed by atoms with van der Waals surface area (Å²) in [5, 5.41) is 14.6. The lowest BCUT2D eigenvalue weighted by molar-refractivity contribution is -0.113. The van der Waals surface area contributed by atoms with E-state index in [-0.39, 0.29) is 29.7 Å². The minimum atomic E-state index is -1.08. The minimum Gasteiger partial charge on any atom is -0.478 e. The number of carboxylic acid groups (broad SMARTS) is 1. The molecule has 3 N–H and O–H groups in total. The first-order valence-corrected chi connectivity index (χ1v) is 12.9. The number of benzene rings is 3. The van der Waals surface area contributed by atoms with Crippen molar-refractivity contribution >= 4 is 51.3 Å². The van der Waals surface area contributed by atoms with Crippen LogP contribution in [0.25, 0.3) is 11.1 Å².